The SMILES string of the molecule is CC(CCNC(=O)C1(c2ccccc2)CC1)CCC(=O)O. The van der Waals surface area contributed by atoms with E-state index in [1.807, 2.05) is 37.3 Å². The Hall–Kier alpha value is -1.84. The van der Waals surface area contributed by atoms with Crippen molar-refractivity contribution in [2.75, 3.05) is 6.54 Å². The summed E-state index contributed by atoms with van der Waals surface area (Å²) in [6, 6.07) is 9.93. The second-order valence-electron chi connectivity index (χ2n) is 6.03. The van der Waals surface area contributed by atoms with Gasteiger partial charge in [0.05, 0.1) is 5.41 Å². The lowest BCUT2D eigenvalue weighted by atomic mass is 9.95. The zero-order valence-electron chi connectivity index (χ0n) is 12.5. The minimum Gasteiger partial charge on any atom is -0.481 e. The van der Waals surface area contributed by atoms with Gasteiger partial charge in [-0.05, 0) is 37.2 Å². The van der Waals surface area contributed by atoms with Crippen molar-refractivity contribution in [2.45, 2.75) is 44.4 Å². The smallest absolute Gasteiger partial charge is 0.303 e. The van der Waals surface area contributed by atoms with Gasteiger partial charge in [-0.2, -0.15) is 0 Å². The highest BCUT2D eigenvalue weighted by Gasteiger charge is 2.50. The van der Waals surface area contributed by atoms with Gasteiger partial charge in [-0.15, -0.1) is 0 Å². The zero-order chi connectivity index (χ0) is 15.3. The molecule has 4 nitrogen and oxygen atoms in total. The van der Waals surface area contributed by atoms with Crippen LogP contribution in [0.25, 0.3) is 0 Å². The van der Waals surface area contributed by atoms with Gasteiger partial charge in [-0.25, -0.2) is 0 Å². The van der Waals surface area contributed by atoms with Crippen molar-refractivity contribution in [1.29, 1.82) is 0 Å². The van der Waals surface area contributed by atoms with Crippen molar-refractivity contribution >= 4 is 11.9 Å². The van der Waals surface area contributed by atoms with Crippen LogP contribution in [0, 0.1) is 5.92 Å². The number of amides is 1. The van der Waals surface area contributed by atoms with Crippen molar-refractivity contribution in [2.24, 2.45) is 5.92 Å². The Kier molecular flexibility index (Phi) is 4.99. The summed E-state index contributed by atoms with van der Waals surface area (Å²) < 4.78 is 0. The maximum absolute atomic E-state index is 12.4. The molecule has 0 heterocycles. The Balaban J connectivity index is 1.77. The number of rotatable bonds is 8. The fourth-order valence-corrected chi connectivity index (χ4v) is 2.64. The molecule has 1 aromatic rings. The highest BCUT2D eigenvalue weighted by molar-refractivity contribution is 5.91. The van der Waals surface area contributed by atoms with Gasteiger partial charge in [0.15, 0.2) is 0 Å². The van der Waals surface area contributed by atoms with Gasteiger partial charge in [-0.3, -0.25) is 9.59 Å². The Morgan fingerprint density at radius 1 is 1.24 bits per heavy atom. The van der Waals surface area contributed by atoms with E-state index in [1.54, 1.807) is 0 Å². The first-order chi connectivity index (χ1) is 10.0. The van der Waals surface area contributed by atoms with Crippen LogP contribution in [0.2, 0.25) is 0 Å². The molecule has 0 radical (unpaired) electrons. The van der Waals surface area contributed by atoms with Crippen LogP contribution in [0.1, 0.15) is 44.6 Å². The molecule has 1 aliphatic carbocycles. The summed E-state index contributed by atoms with van der Waals surface area (Å²) in [5.41, 5.74) is 0.785. The van der Waals surface area contributed by atoms with Crippen molar-refractivity contribution in [3.63, 3.8) is 0 Å². The number of carboxylic acid groups (broad SMARTS) is 1. The normalized spacial score (nSPS) is 17.0. The van der Waals surface area contributed by atoms with Crippen LogP contribution in [0.5, 0.6) is 0 Å². The largest absolute Gasteiger partial charge is 0.481 e. The molecule has 1 aliphatic rings. The molecule has 0 aromatic heterocycles. The highest BCUT2D eigenvalue weighted by atomic mass is 16.4. The molecule has 0 spiro atoms. The number of hydrogen-bond donors (Lipinski definition) is 2. The molecular formula is C17H23NO3. The van der Waals surface area contributed by atoms with Gasteiger partial charge in [0, 0.05) is 13.0 Å². The zero-order valence-corrected chi connectivity index (χ0v) is 12.5. The molecule has 0 bridgehead atoms. The minimum atomic E-state index is -0.758. The predicted octanol–water partition coefficient (Wildman–Crippen LogP) is 2.73. The quantitative estimate of drug-likeness (QED) is 0.773. The highest BCUT2D eigenvalue weighted by Crippen LogP contribution is 2.48. The third kappa shape index (κ3) is 4.06. The van der Waals surface area contributed by atoms with Crippen LogP contribution < -0.4 is 5.32 Å². The lowest BCUT2D eigenvalue weighted by molar-refractivity contribution is -0.137. The fraction of sp³-hybridized carbons (Fsp3) is 0.529. The van der Waals surface area contributed by atoms with Crippen molar-refractivity contribution < 1.29 is 14.7 Å². The molecule has 1 amide bonds. The van der Waals surface area contributed by atoms with E-state index in [2.05, 4.69) is 5.32 Å². The molecule has 1 saturated carbocycles. The number of carbonyl (C=O) groups excluding carboxylic acids is 1. The molecular weight excluding hydrogens is 266 g/mol. The molecule has 1 aromatic carbocycles. The number of hydrogen-bond acceptors (Lipinski definition) is 2. The lowest BCUT2D eigenvalue weighted by Crippen LogP contribution is -2.35. The van der Waals surface area contributed by atoms with E-state index >= 15 is 0 Å². The van der Waals surface area contributed by atoms with E-state index in [0.29, 0.717) is 18.9 Å². The topological polar surface area (TPSA) is 66.4 Å². The van der Waals surface area contributed by atoms with Crippen LogP contribution in [0.3, 0.4) is 0 Å². The number of carboxylic acids is 1. The van der Waals surface area contributed by atoms with Gasteiger partial charge in [-0.1, -0.05) is 37.3 Å². The van der Waals surface area contributed by atoms with Gasteiger partial charge < -0.3 is 10.4 Å². The van der Waals surface area contributed by atoms with Crippen LogP contribution in [0.4, 0.5) is 0 Å². The molecule has 114 valence electrons. The Morgan fingerprint density at radius 2 is 1.90 bits per heavy atom. The van der Waals surface area contributed by atoms with Crippen molar-refractivity contribution in [3.8, 4) is 0 Å². The average Bonchev–Trinajstić information content (AvgIpc) is 3.27. The molecule has 1 fully saturated rings. The molecule has 0 aliphatic heterocycles. The van der Waals surface area contributed by atoms with E-state index in [0.717, 1.165) is 24.8 Å². The number of aliphatic carboxylic acids is 1. The molecule has 1 unspecified atom stereocenters. The average molecular weight is 289 g/mol. The summed E-state index contributed by atoms with van der Waals surface area (Å²) in [7, 11) is 0. The van der Waals surface area contributed by atoms with E-state index in [9.17, 15) is 9.59 Å². The summed E-state index contributed by atoms with van der Waals surface area (Å²) in [5, 5.41) is 11.7. The molecule has 0 saturated heterocycles. The Morgan fingerprint density at radius 3 is 2.48 bits per heavy atom. The van der Waals surface area contributed by atoms with E-state index < -0.39 is 5.97 Å². The first-order valence-electron chi connectivity index (χ1n) is 7.60. The standard InChI is InChI=1S/C17H23NO3/c1-13(7-8-15(19)20)9-12-18-16(21)17(10-11-17)14-5-3-2-4-6-14/h2-6,13H,7-12H2,1H3,(H,18,21)(H,19,20). The summed E-state index contributed by atoms with van der Waals surface area (Å²) in [6.07, 6.45) is 3.51. The summed E-state index contributed by atoms with van der Waals surface area (Å²) in [6.45, 7) is 2.65. The Bertz CT molecular complexity index is 494. The monoisotopic (exact) mass is 289 g/mol. The summed E-state index contributed by atoms with van der Waals surface area (Å²) in [4.78, 5) is 22.9. The summed E-state index contributed by atoms with van der Waals surface area (Å²) in [5.74, 6) is -0.334. The first-order valence-corrected chi connectivity index (χ1v) is 7.60. The van der Waals surface area contributed by atoms with Crippen LogP contribution in [0.15, 0.2) is 30.3 Å². The van der Waals surface area contributed by atoms with Crippen molar-refractivity contribution in [1.82, 2.24) is 5.32 Å². The minimum absolute atomic E-state index is 0.110. The second-order valence-corrected chi connectivity index (χ2v) is 6.03. The number of benzene rings is 1. The first kappa shape index (κ1) is 15.5. The Labute approximate surface area is 125 Å². The number of carbonyl (C=O) groups is 2. The maximum atomic E-state index is 12.4. The molecule has 4 heteroatoms. The van der Waals surface area contributed by atoms with Crippen LogP contribution in [-0.2, 0) is 15.0 Å². The third-order valence-corrected chi connectivity index (χ3v) is 4.28. The van der Waals surface area contributed by atoms with Gasteiger partial charge in [0.25, 0.3) is 0 Å². The van der Waals surface area contributed by atoms with Crippen molar-refractivity contribution in [3.05, 3.63) is 35.9 Å². The van der Waals surface area contributed by atoms with Gasteiger partial charge >= 0.3 is 5.97 Å². The molecule has 1 atom stereocenters. The summed E-state index contributed by atoms with van der Waals surface area (Å²) >= 11 is 0. The molecule has 21 heavy (non-hydrogen) atoms. The van der Waals surface area contributed by atoms with E-state index in [4.69, 9.17) is 5.11 Å². The van der Waals surface area contributed by atoms with E-state index in [-0.39, 0.29) is 17.7 Å². The van der Waals surface area contributed by atoms with Crippen LogP contribution >= 0.6 is 0 Å². The third-order valence-electron chi connectivity index (χ3n) is 4.28. The molecule has 2 rings (SSSR count). The van der Waals surface area contributed by atoms with E-state index in [1.165, 1.54) is 0 Å². The predicted molar refractivity (Wildman–Crippen MR) is 81.0 cm³/mol. The fourth-order valence-electron chi connectivity index (χ4n) is 2.64. The maximum Gasteiger partial charge on any atom is 0.303 e. The second kappa shape index (κ2) is 6.74. The van der Waals surface area contributed by atoms with Crippen LogP contribution in [-0.4, -0.2) is 23.5 Å². The van der Waals surface area contributed by atoms with Gasteiger partial charge in [0.1, 0.15) is 0 Å². The lowest BCUT2D eigenvalue weighted by Gasteiger charge is -2.17. The number of nitrogens with one attached hydrogen (secondary N) is 1. The molecule has 2 N–H and O–H groups in total. The van der Waals surface area contributed by atoms with Gasteiger partial charge in [0.2, 0.25) is 5.91 Å².